The lowest BCUT2D eigenvalue weighted by Gasteiger charge is -2.11. The van der Waals surface area contributed by atoms with E-state index in [4.69, 9.17) is 24.4 Å². The minimum absolute atomic E-state index is 0.0540. The SMILES string of the molecule is CCCCCCCCOc1ccc(C(=O)O)cc1.CCCCCCCCOc1ccc(C(=O)Oc2ccc(N=Nc3ccc(N(C)C)cc3)c(F)c2)cc1.CN(C)c1ccc(N=Nc2ccc(O)cc2F)cc1. The molecule has 15 heteroatoms. The smallest absolute Gasteiger partial charge is 0.343 e. The fraction of sp³-hybridized carbons (Fsp3) is 0.345. The molecule has 0 aliphatic carbocycles. The summed E-state index contributed by atoms with van der Waals surface area (Å²) >= 11 is 0. The lowest BCUT2D eigenvalue weighted by molar-refractivity contribution is 0.0694. The van der Waals surface area contributed by atoms with Gasteiger partial charge < -0.3 is 34.2 Å². The molecular weight excluding hydrogens is 931 g/mol. The molecular formula is C58H70F2N6O7. The molecule has 0 unspecified atom stereocenters. The van der Waals surface area contributed by atoms with Gasteiger partial charge in [0.25, 0.3) is 0 Å². The largest absolute Gasteiger partial charge is 0.508 e. The van der Waals surface area contributed by atoms with E-state index in [-0.39, 0.29) is 22.9 Å². The minimum Gasteiger partial charge on any atom is -0.508 e. The van der Waals surface area contributed by atoms with Crippen LogP contribution in [0, 0.1) is 11.6 Å². The Bertz CT molecular complexity index is 2610. The molecule has 0 atom stereocenters. The summed E-state index contributed by atoms with van der Waals surface area (Å²) < 4.78 is 44.5. The number of anilines is 2. The van der Waals surface area contributed by atoms with Crippen LogP contribution in [0.4, 0.5) is 42.9 Å². The van der Waals surface area contributed by atoms with Crippen LogP contribution in [0.1, 0.15) is 112 Å². The van der Waals surface area contributed by atoms with Gasteiger partial charge in [-0.25, -0.2) is 18.4 Å². The van der Waals surface area contributed by atoms with Gasteiger partial charge in [-0.15, -0.1) is 10.2 Å². The van der Waals surface area contributed by atoms with Crippen LogP contribution < -0.4 is 24.0 Å². The second-order valence-electron chi connectivity index (χ2n) is 17.4. The highest BCUT2D eigenvalue weighted by Crippen LogP contribution is 2.28. The van der Waals surface area contributed by atoms with Gasteiger partial charge in [-0.1, -0.05) is 78.1 Å². The molecule has 0 spiro atoms. The van der Waals surface area contributed by atoms with E-state index in [2.05, 4.69) is 34.3 Å². The predicted octanol–water partition coefficient (Wildman–Crippen LogP) is 16.4. The number of azo groups is 2. The number of ether oxygens (including phenoxy) is 3. The molecule has 0 bridgehead atoms. The van der Waals surface area contributed by atoms with E-state index in [1.165, 1.54) is 82.1 Å². The number of phenols is 1. The van der Waals surface area contributed by atoms with E-state index in [0.717, 1.165) is 48.5 Å². The standard InChI is InChI=1S/C29H34FN3O3.C15H22O3.C14H14FN3O/c1-4-5-6-7-8-9-20-35-25-16-10-22(11-17-25)29(34)36-26-18-19-28(27(30)21-26)32-31-23-12-14-24(15-13-23)33(2)3;1-2-3-4-5-6-7-12-18-14-10-8-13(9-11-14)15(16)17;1-18(2)11-5-3-10(4-6-11)16-17-14-8-7-12(19)9-13(14)15/h10-19,21H,4-9,20H2,1-3H3;8-11H,2-7,12H2,1H3,(H,16,17);3-9,19H,1-2H3. The molecule has 6 aromatic rings. The number of phenolic OH excluding ortho intramolecular Hbond substituents is 1. The maximum atomic E-state index is 14.5. The first-order valence-electron chi connectivity index (χ1n) is 24.8. The number of aromatic carboxylic acids is 1. The molecule has 0 amide bonds. The minimum atomic E-state index is -0.905. The molecule has 6 aromatic carbocycles. The number of carboxylic acid groups (broad SMARTS) is 1. The fourth-order valence-corrected chi connectivity index (χ4v) is 6.76. The summed E-state index contributed by atoms with van der Waals surface area (Å²) in [5.41, 5.74) is 4.12. The van der Waals surface area contributed by atoms with Gasteiger partial charge >= 0.3 is 11.9 Å². The summed E-state index contributed by atoms with van der Waals surface area (Å²) in [6.07, 6.45) is 14.6. The number of rotatable bonds is 25. The third-order valence-electron chi connectivity index (χ3n) is 11.1. The van der Waals surface area contributed by atoms with Crippen LogP contribution in [-0.4, -0.2) is 63.6 Å². The molecule has 0 aromatic heterocycles. The Kier molecular flexibility index (Phi) is 25.6. The lowest BCUT2D eigenvalue weighted by Crippen LogP contribution is -2.08. The van der Waals surface area contributed by atoms with Crippen molar-refractivity contribution < 1.29 is 42.8 Å². The van der Waals surface area contributed by atoms with Crippen LogP contribution in [0.25, 0.3) is 0 Å². The number of hydrogen-bond acceptors (Lipinski definition) is 12. The number of halogens is 2. The van der Waals surface area contributed by atoms with Crippen LogP contribution >= 0.6 is 0 Å². The highest BCUT2D eigenvalue weighted by atomic mass is 19.1. The number of aromatic hydroxyl groups is 1. The number of esters is 1. The van der Waals surface area contributed by atoms with Crippen LogP contribution in [0.2, 0.25) is 0 Å². The molecule has 73 heavy (non-hydrogen) atoms. The molecule has 388 valence electrons. The van der Waals surface area contributed by atoms with Crippen molar-refractivity contribution in [3.05, 3.63) is 156 Å². The summed E-state index contributed by atoms with van der Waals surface area (Å²) in [5, 5.41) is 33.7. The highest BCUT2D eigenvalue weighted by molar-refractivity contribution is 5.91. The van der Waals surface area contributed by atoms with Crippen LogP contribution in [0.15, 0.2) is 154 Å². The van der Waals surface area contributed by atoms with Crippen LogP contribution in [0.3, 0.4) is 0 Å². The monoisotopic (exact) mass is 1000 g/mol. The fourth-order valence-electron chi connectivity index (χ4n) is 6.76. The summed E-state index contributed by atoms with van der Waals surface area (Å²) in [7, 11) is 7.79. The Morgan fingerprint density at radius 3 is 1.29 bits per heavy atom. The number of hydrogen-bond donors (Lipinski definition) is 2. The Labute approximate surface area is 429 Å². The Hall–Kier alpha value is -7.68. The molecule has 0 radical (unpaired) electrons. The summed E-state index contributed by atoms with van der Waals surface area (Å²) in [6.45, 7) is 5.78. The molecule has 0 fully saturated rings. The van der Waals surface area contributed by atoms with E-state index in [9.17, 15) is 18.4 Å². The van der Waals surface area contributed by atoms with Gasteiger partial charge in [0.15, 0.2) is 11.6 Å². The number of benzene rings is 6. The number of unbranched alkanes of at least 4 members (excludes halogenated alkanes) is 10. The molecule has 0 saturated heterocycles. The third kappa shape index (κ3) is 22.1. The first kappa shape index (κ1) is 57.9. The van der Waals surface area contributed by atoms with Gasteiger partial charge in [0.1, 0.15) is 34.4 Å². The van der Waals surface area contributed by atoms with Gasteiger partial charge in [0, 0.05) is 51.7 Å². The molecule has 6 rings (SSSR count). The maximum absolute atomic E-state index is 14.5. The molecule has 0 aliphatic heterocycles. The van der Waals surface area contributed by atoms with Crippen molar-refractivity contribution in [2.45, 2.75) is 90.9 Å². The van der Waals surface area contributed by atoms with Gasteiger partial charge in [-0.3, -0.25) is 0 Å². The normalized spacial score (nSPS) is 10.8. The highest BCUT2D eigenvalue weighted by Gasteiger charge is 2.12. The van der Waals surface area contributed by atoms with Crippen molar-refractivity contribution in [3.63, 3.8) is 0 Å². The zero-order valence-electron chi connectivity index (χ0n) is 43.0. The van der Waals surface area contributed by atoms with E-state index in [0.29, 0.717) is 41.5 Å². The Balaban J connectivity index is 0.000000262. The first-order chi connectivity index (χ1) is 35.3. The predicted molar refractivity (Wildman–Crippen MR) is 287 cm³/mol. The first-order valence-corrected chi connectivity index (χ1v) is 24.8. The number of carbonyl (C=O) groups excluding carboxylic acids is 1. The molecule has 13 nitrogen and oxygen atoms in total. The number of carbonyl (C=O) groups is 2. The summed E-state index contributed by atoms with van der Waals surface area (Å²) in [4.78, 5) is 27.1. The van der Waals surface area contributed by atoms with Crippen molar-refractivity contribution in [1.82, 2.24) is 0 Å². The molecule has 0 saturated carbocycles. The quantitative estimate of drug-likeness (QED) is 0.0246. The zero-order valence-corrected chi connectivity index (χ0v) is 43.0. The average molecular weight is 1000 g/mol. The van der Waals surface area contributed by atoms with Gasteiger partial charge in [-0.05, 0) is 134 Å². The van der Waals surface area contributed by atoms with Crippen molar-refractivity contribution in [1.29, 1.82) is 0 Å². The third-order valence-corrected chi connectivity index (χ3v) is 11.1. The van der Waals surface area contributed by atoms with Crippen LogP contribution in [0.5, 0.6) is 23.0 Å². The van der Waals surface area contributed by atoms with Gasteiger partial charge in [0.05, 0.1) is 35.7 Å². The average Bonchev–Trinajstić information content (AvgIpc) is 3.38. The topological polar surface area (TPSA) is 158 Å². The van der Waals surface area contributed by atoms with E-state index >= 15 is 0 Å². The zero-order chi connectivity index (χ0) is 52.8. The summed E-state index contributed by atoms with van der Waals surface area (Å²) in [5.74, 6) is -1.31. The number of nitrogens with zero attached hydrogens (tertiary/aromatic N) is 6. The molecule has 0 heterocycles. The molecule has 2 N–H and O–H groups in total. The van der Waals surface area contributed by atoms with Crippen molar-refractivity contribution >= 4 is 46.1 Å². The van der Waals surface area contributed by atoms with Gasteiger partial charge in [-0.2, -0.15) is 10.2 Å². The van der Waals surface area contributed by atoms with E-state index in [1.54, 1.807) is 72.8 Å². The Morgan fingerprint density at radius 2 is 0.877 bits per heavy atom. The maximum Gasteiger partial charge on any atom is 0.343 e. The van der Waals surface area contributed by atoms with Crippen LogP contribution in [-0.2, 0) is 0 Å². The summed E-state index contributed by atoms with van der Waals surface area (Å²) in [6, 6.07) is 35.9. The van der Waals surface area contributed by atoms with Crippen molar-refractivity contribution in [2.75, 3.05) is 51.2 Å². The van der Waals surface area contributed by atoms with E-state index in [1.807, 2.05) is 62.3 Å². The molecule has 0 aliphatic rings. The van der Waals surface area contributed by atoms with Gasteiger partial charge in [0.2, 0.25) is 0 Å². The second-order valence-corrected chi connectivity index (χ2v) is 17.4. The second kappa shape index (κ2) is 32.3. The lowest BCUT2D eigenvalue weighted by atomic mass is 10.1. The number of carboxylic acids is 1. The Morgan fingerprint density at radius 1 is 0.479 bits per heavy atom. The van der Waals surface area contributed by atoms with E-state index < -0.39 is 23.6 Å². The van der Waals surface area contributed by atoms with Crippen molar-refractivity contribution in [3.8, 4) is 23.0 Å². The van der Waals surface area contributed by atoms with Crippen molar-refractivity contribution in [2.24, 2.45) is 20.5 Å².